The number of rotatable bonds is 6. The van der Waals surface area contributed by atoms with Crippen molar-refractivity contribution in [1.29, 1.82) is 0 Å². The van der Waals surface area contributed by atoms with Gasteiger partial charge in [0.05, 0.1) is 0 Å². The van der Waals surface area contributed by atoms with E-state index in [2.05, 4.69) is 29.8 Å². The average Bonchev–Trinajstić information content (AvgIpc) is 3.14. The number of nitrogens with zero attached hydrogens (tertiary/aromatic N) is 2. The van der Waals surface area contributed by atoms with Crippen LogP contribution in [-0.4, -0.2) is 17.6 Å². The van der Waals surface area contributed by atoms with Crippen LogP contribution in [0.5, 0.6) is 0 Å². The molecule has 1 atom stereocenters. The molecule has 0 spiro atoms. The monoisotopic (exact) mass is 247 g/mol. The maximum Gasteiger partial charge on any atom is 0.133 e. The second-order valence-electron chi connectivity index (χ2n) is 5.81. The summed E-state index contributed by atoms with van der Waals surface area (Å²) < 4.78 is 0. The fourth-order valence-electron chi connectivity index (χ4n) is 2.25. The molecule has 0 radical (unpaired) electrons. The van der Waals surface area contributed by atoms with Gasteiger partial charge in [0.15, 0.2) is 0 Å². The Bertz CT molecular complexity index is 383. The van der Waals surface area contributed by atoms with Crippen molar-refractivity contribution in [3.05, 3.63) is 23.9 Å². The predicted molar refractivity (Wildman–Crippen MR) is 76.7 cm³/mol. The summed E-state index contributed by atoms with van der Waals surface area (Å²) in [5, 5.41) is 0. The number of hydrogen-bond acceptors (Lipinski definition) is 3. The molecule has 2 N–H and O–H groups in total. The summed E-state index contributed by atoms with van der Waals surface area (Å²) in [5.74, 6) is 1.84. The molecule has 1 aliphatic carbocycles. The van der Waals surface area contributed by atoms with Crippen LogP contribution in [0.25, 0.3) is 0 Å². The molecule has 3 nitrogen and oxygen atoms in total. The molecule has 1 aromatic rings. The van der Waals surface area contributed by atoms with Crippen molar-refractivity contribution in [1.82, 2.24) is 4.98 Å². The highest BCUT2D eigenvalue weighted by Gasteiger charge is 2.31. The molecule has 0 bridgehead atoms. The third-order valence-electron chi connectivity index (χ3n) is 3.51. The quantitative estimate of drug-likeness (QED) is 0.840. The van der Waals surface area contributed by atoms with Crippen LogP contribution in [0.1, 0.15) is 51.6 Å². The number of hydrogen-bond donors (Lipinski definition) is 1. The fraction of sp³-hybridized carbons (Fsp3) is 0.667. The van der Waals surface area contributed by atoms with Gasteiger partial charge in [-0.05, 0) is 38.2 Å². The van der Waals surface area contributed by atoms with Gasteiger partial charge in [-0.15, -0.1) is 0 Å². The molecule has 0 aromatic carbocycles. The third kappa shape index (κ3) is 3.22. The van der Waals surface area contributed by atoms with E-state index >= 15 is 0 Å². The lowest BCUT2D eigenvalue weighted by molar-refractivity contribution is 0.566. The first-order chi connectivity index (χ1) is 8.59. The summed E-state index contributed by atoms with van der Waals surface area (Å²) in [6.07, 6.45) is 5.69. The van der Waals surface area contributed by atoms with Crippen molar-refractivity contribution in [2.45, 2.75) is 52.1 Å². The van der Waals surface area contributed by atoms with E-state index in [0.29, 0.717) is 6.04 Å². The van der Waals surface area contributed by atoms with Crippen molar-refractivity contribution in [3.8, 4) is 0 Å². The van der Waals surface area contributed by atoms with Crippen LogP contribution in [0.3, 0.4) is 0 Å². The minimum Gasteiger partial charge on any atom is -0.353 e. The van der Waals surface area contributed by atoms with Crippen molar-refractivity contribution in [2.75, 3.05) is 11.4 Å². The van der Waals surface area contributed by atoms with Gasteiger partial charge in [-0.25, -0.2) is 4.98 Å². The van der Waals surface area contributed by atoms with Gasteiger partial charge in [0.1, 0.15) is 5.82 Å². The molecule has 0 aliphatic heterocycles. The van der Waals surface area contributed by atoms with Gasteiger partial charge in [0.25, 0.3) is 0 Å². The van der Waals surface area contributed by atoms with Crippen molar-refractivity contribution in [2.24, 2.45) is 11.7 Å². The van der Waals surface area contributed by atoms with Gasteiger partial charge in [-0.1, -0.05) is 19.9 Å². The highest BCUT2D eigenvalue weighted by atomic mass is 15.2. The first kappa shape index (κ1) is 13.3. The Morgan fingerprint density at radius 1 is 1.39 bits per heavy atom. The van der Waals surface area contributed by atoms with E-state index in [1.165, 1.54) is 24.8 Å². The molecule has 0 saturated heterocycles. The second-order valence-corrected chi connectivity index (χ2v) is 5.81. The van der Waals surface area contributed by atoms with Crippen molar-refractivity contribution < 1.29 is 0 Å². The normalized spacial score (nSPS) is 16.9. The lowest BCUT2D eigenvalue weighted by atomic mass is 10.1. The van der Waals surface area contributed by atoms with E-state index in [1.807, 2.05) is 19.2 Å². The molecule has 1 heterocycles. The topological polar surface area (TPSA) is 42.2 Å². The van der Waals surface area contributed by atoms with Gasteiger partial charge in [-0.2, -0.15) is 0 Å². The molecule has 0 unspecified atom stereocenters. The number of nitrogens with two attached hydrogens (primary N) is 1. The lowest BCUT2D eigenvalue weighted by Crippen LogP contribution is -2.30. The Kier molecular flexibility index (Phi) is 4.23. The standard InChI is InChI=1S/C15H25N3/c1-11(2)8-10-18(13-6-7-13)15-14(12(3)16)5-4-9-17-15/h4-5,9,11-13H,6-8,10,16H2,1-3H3/t12-/m0/s1. The van der Waals surface area contributed by atoms with Crippen LogP contribution in [-0.2, 0) is 0 Å². The Morgan fingerprint density at radius 3 is 2.67 bits per heavy atom. The molecule has 3 heteroatoms. The zero-order valence-electron chi connectivity index (χ0n) is 11.8. The molecule has 18 heavy (non-hydrogen) atoms. The highest BCUT2D eigenvalue weighted by molar-refractivity contribution is 5.50. The molecule has 0 amide bonds. The minimum atomic E-state index is 0.0500. The van der Waals surface area contributed by atoms with Crippen LogP contribution in [0.2, 0.25) is 0 Å². The van der Waals surface area contributed by atoms with E-state index in [4.69, 9.17) is 5.73 Å². The van der Waals surface area contributed by atoms with Crippen LogP contribution in [0, 0.1) is 5.92 Å². The summed E-state index contributed by atoms with van der Waals surface area (Å²) in [6.45, 7) is 7.68. The summed E-state index contributed by atoms with van der Waals surface area (Å²) in [7, 11) is 0. The van der Waals surface area contributed by atoms with Gasteiger partial charge < -0.3 is 10.6 Å². The molecular weight excluding hydrogens is 222 g/mol. The summed E-state index contributed by atoms with van der Waals surface area (Å²) >= 11 is 0. The Balaban J connectivity index is 2.19. The van der Waals surface area contributed by atoms with Crippen LogP contribution in [0.15, 0.2) is 18.3 Å². The smallest absolute Gasteiger partial charge is 0.133 e. The number of pyridine rings is 1. The first-order valence-corrected chi connectivity index (χ1v) is 7.06. The zero-order valence-corrected chi connectivity index (χ0v) is 11.8. The van der Waals surface area contributed by atoms with Gasteiger partial charge in [-0.3, -0.25) is 0 Å². The van der Waals surface area contributed by atoms with Crippen LogP contribution < -0.4 is 10.6 Å². The van der Waals surface area contributed by atoms with E-state index in [-0.39, 0.29) is 6.04 Å². The van der Waals surface area contributed by atoms with Crippen molar-refractivity contribution in [3.63, 3.8) is 0 Å². The van der Waals surface area contributed by atoms with E-state index < -0.39 is 0 Å². The van der Waals surface area contributed by atoms with Crippen molar-refractivity contribution >= 4 is 5.82 Å². The van der Waals surface area contributed by atoms with Gasteiger partial charge in [0.2, 0.25) is 0 Å². The fourth-order valence-corrected chi connectivity index (χ4v) is 2.25. The van der Waals surface area contributed by atoms with Crippen LogP contribution >= 0.6 is 0 Å². The SMILES string of the molecule is CC(C)CCN(c1ncccc1[C@H](C)N)C1CC1. The Labute approximate surface area is 110 Å². The largest absolute Gasteiger partial charge is 0.353 e. The molecule has 1 saturated carbocycles. The van der Waals surface area contributed by atoms with Crippen LogP contribution in [0.4, 0.5) is 5.82 Å². The Hall–Kier alpha value is -1.09. The second kappa shape index (κ2) is 5.70. The average molecular weight is 247 g/mol. The maximum absolute atomic E-state index is 6.06. The predicted octanol–water partition coefficient (Wildman–Crippen LogP) is 3.12. The molecule has 1 aromatic heterocycles. The maximum atomic E-state index is 6.06. The number of aromatic nitrogens is 1. The van der Waals surface area contributed by atoms with Gasteiger partial charge >= 0.3 is 0 Å². The summed E-state index contributed by atoms with van der Waals surface area (Å²) in [4.78, 5) is 7.06. The van der Waals surface area contributed by atoms with E-state index in [1.54, 1.807) is 0 Å². The Morgan fingerprint density at radius 2 is 2.11 bits per heavy atom. The summed E-state index contributed by atoms with van der Waals surface area (Å²) in [5.41, 5.74) is 7.24. The van der Waals surface area contributed by atoms with E-state index in [0.717, 1.165) is 18.3 Å². The molecule has 1 fully saturated rings. The molecular formula is C15H25N3. The van der Waals surface area contributed by atoms with Gasteiger partial charge in [0, 0.05) is 30.4 Å². The zero-order chi connectivity index (χ0) is 13.1. The highest BCUT2D eigenvalue weighted by Crippen LogP contribution is 2.34. The third-order valence-corrected chi connectivity index (χ3v) is 3.51. The molecule has 1 aliphatic rings. The molecule has 2 rings (SSSR count). The molecule has 100 valence electrons. The number of anilines is 1. The summed E-state index contributed by atoms with van der Waals surface area (Å²) in [6, 6.07) is 4.83. The van der Waals surface area contributed by atoms with E-state index in [9.17, 15) is 0 Å². The first-order valence-electron chi connectivity index (χ1n) is 7.06. The minimum absolute atomic E-state index is 0.0500. The lowest BCUT2D eigenvalue weighted by Gasteiger charge is -2.27.